The van der Waals surface area contributed by atoms with E-state index in [2.05, 4.69) is 27.1 Å². The third-order valence-corrected chi connectivity index (χ3v) is 4.55. The van der Waals surface area contributed by atoms with Crippen molar-refractivity contribution in [2.75, 3.05) is 31.9 Å². The standard InChI is InChI=1S/C21H30N6O2/c1-16-14-27(19(22)24-16)23-13-17-6-5-7-18(12-17)15-25-8-10-26(11-9-25)20(28)29-21(2,3)4/h5-7,12-14H,8-11,15H2,1-4H3,(H2,22,24). The summed E-state index contributed by atoms with van der Waals surface area (Å²) < 4.78 is 7.03. The molecule has 1 amide bonds. The zero-order valence-electron chi connectivity index (χ0n) is 17.6. The summed E-state index contributed by atoms with van der Waals surface area (Å²) in [6, 6.07) is 8.25. The number of benzene rings is 1. The monoisotopic (exact) mass is 398 g/mol. The van der Waals surface area contributed by atoms with Crippen LogP contribution in [0.1, 0.15) is 37.6 Å². The number of imidazole rings is 1. The minimum absolute atomic E-state index is 0.232. The number of carbonyl (C=O) groups excluding carboxylic acids is 1. The Morgan fingerprint density at radius 2 is 2.00 bits per heavy atom. The van der Waals surface area contributed by atoms with E-state index in [4.69, 9.17) is 10.5 Å². The zero-order chi connectivity index (χ0) is 21.0. The molecule has 8 heteroatoms. The number of hydrogen-bond acceptors (Lipinski definition) is 6. The van der Waals surface area contributed by atoms with Crippen LogP contribution in [0, 0.1) is 6.92 Å². The van der Waals surface area contributed by atoms with Crippen molar-refractivity contribution in [1.82, 2.24) is 19.5 Å². The summed E-state index contributed by atoms with van der Waals surface area (Å²) in [7, 11) is 0. The van der Waals surface area contributed by atoms with Crippen LogP contribution in [0.3, 0.4) is 0 Å². The molecule has 1 aromatic carbocycles. The van der Waals surface area contributed by atoms with E-state index < -0.39 is 5.60 Å². The smallest absolute Gasteiger partial charge is 0.410 e. The Balaban J connectivity index is 1.55. The summed E-state index contributed by atoms with van der Waals surface area (Å²) in [4.78, 5) is 20.5. The number of carbonyl (C=O) groups is 1. The van der Waals surface area contributed by atoms with Gasteiger partial charge in [0, 0.05) is 32.7 Å². The number of anilines is 1. The van der Waals surface area contributed by atoms with Crippen LogP contribution in [0.25, 0.3) is 0 Å². The maximum absolute atomic E-state index is 12.2. The van der Waals surface area contributed by atoms with Crippen molar-refractivity contribution < 1.29 is 9.53 Å². The van der Waals surface area contributed by atoms with Crippen LogP contribution in [0.5, 0.6) is 0 Å². The van der Waals surface area contributed by atoms with Gasteiger partial charge in [-0.25, -0.2) is 14.5 Å². The van der Waals surface area contributed by atoms with E-state index in [1.807, 2.05) is 39.8 Å². The van der Waals surface area contributed by atoms with Gasteiger partial charge in [-0.05, 0) is 44.9 Å². The number of ether oxygens (including phenoxy) is 1. The van der Waals surface area contributed by atoms with Crippen LogP contribution in [-0.4, -0.2) is 63.5 Å². The van der Waals surface area contributed by atoms with E-state index in [1.165, 1.54) is 5.56 Å². The highest BCUT2D eigenvalue weighted by Gasteiger charge is 2.25. The Bertz CT molecular complexity index is 876. The van der Waals surface area contributed by atoms with Gasteiger partial charge in [-0.3, -0.25) is 4.90 Å². The number of rotatable bonds is 4. The number of piperazine rings is 1. The number of amides is 1. The van der Waals surface area contributed by atoms with Gasteiger partial charge in [0.25, 0.3) is 0 Å². The molecule has 156 valence electrons. The summed E-state index contributed by atoms with van der Waals surface area (Å²) in [5, 5.41) is 4.38. The van der Waals surface area contributed by atoms with Crippen LogP contribution >= 0.6 is 0 Å². The van der Waals surface area contributed by atoms with Crippen molar-refractivity contribution in [3.63, 3.8) is 0 Å². The Hall–Kier alpha value is -2.87. The summed E-state index contributed by atoms with van der Waals surface area (Å²) in [5.41, 5.74) is 8.39. The molecular weight excluding hydrogens is 368 g/mol. The van der Waals surface area contributed by atoms with Gasteiger partial charge in [0.15, 0.2) is 0 Å². The van der Waals surface area contributed by atoms with Gasteiger partial charge < -0.3 is 15.4 Å². The molecule has 1 saturated heterocycles. The molecule has 0 saturated carbocycles. The summed E-state index contributed by atoms with van der Waals surface area (Å²) in [6.45, 7) is 11.4. The molecule has 0 aliphatic carbocycles. The highest BCUT2D eigenvalue weighted by Crippen LogP contribution is 2.14. The first-order valence-electron chi connectivity index (χ1n) is 9.85. The Morgan fingerprint density at radius 3 is 2.62 bits per heavy atom. The number of aromatic nitrogens is 2. The van der Waals surface area contributed by atoms with Gasteiger partial charge in [0.1, 0.15) is 5.60 Å². The molecule has 1 fully saturated rings. The Labute approximate surface area is 172 Å². The van der Waals surface area contributed by atoms with E-state index in [-0.39, 0.29) is 6.09 Å². The number of nitrogens with two attached hydrogens (primary N) is 1. The molecule has 29 heavy (non-hydrogen) atoms. The molecule has 3 rings (SSSR count). The van der Waals surface area contributed by atoms with Crippen LogP contribution in [0.15, 0.2) is 35.6 Å². The quantitative estimate of drug-likeness (QED) is 0.800. The van der Waals surface area contributed by atoms with Crippen molar-refractivity contribution in [2.24, 2.45) is 5.10 Å². The van der Waals surface area contributed by atoms with Gasteiger partial charge >= 0.3 is 6.09 Å². The third-order valence-electron chi connectivity index (χ3n) is 4.55. The van der Waals surface area contributed by atoms with Gasteiger partial charge in [0.2, 0.25) is 5.95 Å². The summed E-state index contributed by atoms with van der Waals surface area (Å²) in [5.74, 6) is 0.373. The second-order valence-electron chi connectivity index (χ2n) is 8.32. The van der Waals surface area contributed by atoms with Crippen LogP contribution in [0.2, 0.25) is 0 Å². The molecule has 2 heterocycles. The molecular formula is C21H30N6O2. The molecule has 0 unspecified atom stereocenters. The predicted octanol–water partition coefficient (Wildman–Crippen LogP) is 2.71. The van der Waals surface area contributed by atoms with E-state index >= 15 is 0 Å². The van der Waals surface area contributed by atoms with Gasteiger partial charge in [0.05, 0.1) is 18.1 Å². The molecule has 2 aromatic rings. The average Bonchev–Trinajstić information content (AvgIpc) is 2.97. The van der Waals surface area contributed by atoms with E-state index in [0.29, 0.717) is 19.0 Å². The summed E-state index contributed by atoms with van der Waals surface area (Å²) >= 11 is 0. The summed E-state index contributed by atoms with van der Waals surface area (Å²) in [6.07, 6.45) is 3.34. The Morgan fingerprint density at radius 1 is 1.28 bits per heavy atom. The molecule has 0 radical (unpaired) electrons. The van der Waals surface area contributed by atoms with Crippen LogP contribution in [0.4, 0.5) is 10.7 Å². The minimum Gasteiger partial charge on any atom is -0.444 e. The largest absolute Gasteiger partial charge is 0.444 e. The van der Waals surface area contributed by atoms with E-state index in [1.54, 1.807) is 22.0 Å². The maximum atomic E-state index is 12.2. The number of nitrogen functional groups attached to an aromatic ring is 1. The maximum Gasteiger partial charge on any atom is 0.410 e. The second-order valence-corrected chi connectivity index (χ2v) is 8.32. The van der Waals surface area contributed by atoms with Crippen molar-refractivity contribution >= 4 is 18.3 Å². The van der Waals surface area contributed by atoms with E-state index in [0.717, 1.165) is 30.9 Å². The molecule has 0 bridgehead atoms. The fraction of sp³-hybridized carbons (Fsp3) is 0.476. The highest BCUT2D eigenvalue weighted by molar-refractivity contribution is 5.79. The lowest BCUT2D eigenvalue weighted by Crippen LogP contribution is -2.49. The first kappa shape index (κ1) is 20.9. The van der Waals surface area contributed by atoms with E-state index in [9.17, 15) is 4.79 Å². The zero-order valence-corrected chi connectivity index (χ0v) is 17.6. The van der Waals surface area contributed by atoms with Crippen molar-refractivity contribution in [3.8, 4) is 0 Å². The third kappa shape index (κ3) is 6.05. The predicted molar refractivity (Wildman–Crippen MR) is 114 cm³/mol. The normalized spacial score (nSPS) is 15.8. The average molecular weight is 399 g/mol. The molecule has 0 atom stereocenters. The lowest BCUT2D eigenvalue weighted by atomic mass is 10.1. The van der Waals surface area contributed by atoms with Crippen molar-refractivity contribution in [3.05, 3.63) is 47.3 Å². The highest BCUT2D eigenvalue weighted by atomic mass is 16.6. The fourth-order valence-corrected chi connectivity index (χ4v) is 3.17. The van der Waals surface area contributed by atoms with Gasteiger partial charge in [-0.1, -0.05) is 18.2 Å². The Kier molecular flexibility index (Phi) is 6.22. The van der Waals surface area contributed by atoms with Crippen LogP contribution in [-0.2, 0) is 11.3 Å². The lowest BCUT2D eigenvalue weighted by Gasteiger charge is -2.35. The lowest BCUT2D eigenvalue weighted by molar-refractivity contribution is 0.0139. The molecule has 0 spiro atoms. The molecule has 1 aliphatic heterocycles. The minimum atomic E-state index is -0.462. The fourth-order valence-electron chi connectivity index (χ4n) is 3.17. The first-order chi connectivity index (χ1) is 13.7. The second kappa shape index (κ2) is 8.65. The van der Waals surface area contributed by atoms with Crippen molar-refractivity contribution in [2.45, 2.75) is 39.8 Å². The SMILES string of the molecule is Cc1cn(N=Cc2cccc(CN3CCN(C(=O)OC(C)(C)C)CC3)c2)c(N)n1. The number of nitrogens with zero attached hydrogens (tertiary/aromatic N) is 5. The van der Waals surface area contributed by atoms with Gasteiger partial charge in [-0.2, -0.15) is 5.10 Å². The van der Waals surface area contributed by atoms with Crippen LogP contribution < -0.4 is 5.73 Å². The topological polar surface area (TPSA) is 89.0 Å². The van der Waals surface area contributed by atoms with Gasteiger partial charge in [-0.15, -0.1) is 0 Å². The van der Waals surface area contributed by atoms with Crippen molar-refractivity contribution in [1.29, 1.82) is 0 Å². The molecule has 8 nitrogen and oxygen atoms in total. The first-order valence-corrected chi connectivity index (χ1v) is 9.85. The number of aryl methyl sites for hydroxylation is 1. The molecule has 1 aromatic heterocycles. The number of hydrogen-bond donors (Lipinski definition) is 1. The molecule has 1 aliphatic rings. The molecule has 2 N–H and O–H groups in total.